The van der Waals surface area contributed by atoms with Crippen LogP contribution < -0.4 is 0 Å². The van der Waals surface area contributed by atoms with Crippen molar-refractivity contribution in [2.75, 3.05) is 26.3 Å². The maximum Gasteiger partial charge on any atom is 0.103 e. The highest BCUT2D eigenvalue weighted by Gasteiger charge is 2.28. The second kappa shape index (κ2) is 5.21. The van der Waals surface area contributed by atoms with Crippen LogP contribution in [0.3, 0.4) is 0 Å². The summed E-state index contributed by atoms with van der Waals surface area (Å²) >= 11 is 0. The quantitative estimate of drug-likeness (QED) is 0.656. The Labute approximate surface area is 80.3 Å². The zero-order chi connectivity index (χ0) is 9.68. The second-order valence-corrected chi connectivity index (χ2v) is 3.42. The second-order valence-electron chi connectivity index (χ2n) is 3.42. The van der Waals surface area contributed by atoms with Crippen LogP contribution in [0.5, 0.6) is 0 Å². The topological polar surface area (TPSA) is 36.3 Å². The molecular formula is C10H18N2O. The Bertz CT molecular complexity index is 176. The molecule has 1 rings (SSSR count). The molecule has 0 amide bonds. The number of hydrogen-bond acceptors (Lipinski definition) is 3. The van der Waals surface area contributed by atoms with E-state index in [1.165, 1.54) is 0 Å². The van der Waals surface area contributed by atoms with Gasteiger partial charge in [-0.15, -0.1) is 0 Å². The van der Waals surface area contributed by atoms with Crippen LogP contribution >= 0.6 is 0 Å². The van der Waals surface area contributed by atoms with Crippen LogP contribution in [0.4, 0.5) is 0 Å². The minimum absolute atomic E-state index is 0.0532. The maximum absolute atomic E-state index is 9.07. The van der Waals surface area contributed by atoms with Crippen molar-refractivity contribution in [2.24, 2.45) is 5.92 Å². The molecular weight excluding hydrogens is 164 g/mol. The zero-order valence-electron chi connectivity index (χ0n) is 8.49. The Morgan fingerprint density at radius 3 is 2.62 bits per heavy atom. The largest absolute Gasteiger partial charge is 0.381 e. The van der Waals surface area contributed by atoms with E-state index in [4.69, 9.17) is 10.00 Å². The van der Waals surface area contributed by atoms with Gasteiger partial charge in [0.2, 0.25) is 0 Å². The molecule has 1 aliphatic heterocycles. The summed E-state index contributed by atoms with van der Waals surface area (Å²) in [5.74, 6) is 0.421. The predicted molar refractivity (Wildman–Crippen MR) is 51.2 cm³/mol. The third-order valence-electron chi connectivity index (χ3n) is 2.75. The van der Waals surface area contributed by atoms with E-state index in [1.54, 1.807) is 0 Å². The van der Waals surface area contributed by atoms with E-state index in [0.29, 0.717) is 5.92 Å². The first-order valence-corrected chi connectivity index (χ1v) is 5.04. The monoisotopic (exact) mass is 182 g/mol. The minimum Gasteiger partial charge on any atom is -0.381 e. The molecule has 3 heteroatoms. The van der Waals surface area contributed by atoms with E-state index in [-0.39, 0.29) is 6.04 Å². The Kier molecular flexibility index (Phi) is 4.20. The molecule has 1 heterocycles. The van der Waals surface area contributed by atoms with Gasteiger partial charge in [-0.3, -0.25) is 4.90 Å². The molecule has 0 bridgehead atoms. The standard InChI is InChI=1S/C10H18N2O/c1-3-12(4-2)10(7-11)9-5-6-13-8-9/h9-10H,3-6,8H2,1-2H3. The van der Waals surface area contributed by atoms with Gasteiger partial charge in [-0.1, -0.05) is 13.8 Å². The molecule has 0 aliphatic carbocycles. The summed E-state index contributed by atoms with van der Waals surface area (Å²) in [6.07, 6.45) is 1.04. The third kappa shape index (κ3) is 2.43. The van der Waals surface area contributed by atoms with E-state index in [2.05, 4.69) is 24.8 Å². The van der Waals surface area contributed by atoms with E-state index >= 15 is 0 Å². The molecule has 0 aromatic heterocycles. The lowest BCUT2D eigenvalue weighted by molar-refractivity contribution is 0.151. The fourth-order valence-corrected chi connectivity index (χ4v) is 1.90. The van der Waals surface area contributed by atoms with Crippen molar-refractivity contribution in [2.45, 2.75) is 26.3 Å². The summed E-state index contributed by atoms with van der Waals surface area (Å²) in [6, 6.07) is 2.45. The Hall–Kier alpha value is -0.590. The fourth-order valence-electron chi connectivity index (χ4n) is 1.90. The number of ether oxygens (including phenoxy) is 1. The third-order valence-corrected chi connectivity index (χ3v) is 2.75. The van der Waals surface area contributed by atoms with Crippen LogP contribution in [0.1, 0.15) is 20.3 Å². The van der Waals surface area contributed by atoms with E-state index < -0.39 is 0 Å². The first-order valence-electron chi connectivity index (χ1n) is 5.04. The summed E-state index contributed by atoms with van der Waals surface area (Å²) in [5.41, 5.74) is 0. The highest BCUT2D eigenvalue weighted by molar-refractivity contribution is 4.97. The van der Waals surface area contributed by atoms with Crippen LogP contribution in [-0.2, 0) is 4.74 Å². The van der Waals surface area contributed by atoms with Crippen LogP contribution in [0.25, 0.3) is 0 Å². The van der Waals surface area contributed by atoms with Gasteiger partial charge in [-0.05, 0) is 19.5 Å². The number of nitriles is 1. The molecule has 2 atom stereocenters. The van der Waals surface area contributed by atoms with Gasteiger partial charge in [-0.25, -0.2) is 0 Å². The van der Waals surface area contributed by atoms with Crippen molar-refractivity contribution in [3.8, 4) is 6.07 Å². The van der Waals surface area contributed by atoms with Gasteiger partial charge in [0, 0.05) is 12.5 Å². The Balaban J connectivity index is 2.54. The van der Waals surface area contributed by atoms with Crippen molar-refractivity contribution >= 4 is 0 Å². The number of rotatable bonds is 4. The first kappa shape index (κ1) is 10.5. The van der Waals surface area contributed by atoms with Crippen molar-refractivity contribution < 1.29 is 4.74 Å². The van der Waals surface area contributed by atoms with Gasteiger partial charge in [-0.2, -0.15) is 5.26 Å². The maximum atomic E-state index is 9.07. The summed E-state index contributed by atoms with van der Waals surface area (Å²) in [5, 5.41) is 9.07. The van der Waals surface area contributed by atoms with Crippen molar-refractivity contribution in [1.29, 1.82) is 5.26 Å². The van der Waals surface area contributed by atoms with Gasteiger partial charge in [0.25, 0.3) is 0 Å². The van der Waals surface area contributed by atoms with Gasteiger partial charge in [0.15, 0.2) is 0 Å². The Morgan fingerprint density at radius 1 is 1.54 bits per heavy atom. The minimum atomic E-state index is 0.0532. The van der Waals surface area contributed by atoms with E-state index in [0.717, 1.165) is 32.7 Å². The van der Waals surface area contributed by atoms with Gasteiger partial charge >= 0.3 is 0 Å². The summed E-state index contributed by atoms with van der Waals surface area (Å²) in [4.78, 5) is 2.21. The van der Waals surface area contributed by atoms with Crippen molar-refractivity contribution in [3.05, 3.63) is 0 Å². The summed E-state index contributed by atoms with van der Waals surface area (Å²) in [7, 11) is 0. The van der Waals surface area contributed by atoms with Crippen LogP contribution in [0.2, 0.25) is 0 Å². The van der Waals surface area contributed by atoms with Crippen LogP contribution in [0.15, 0.2) is 0 Å². The van der Waals surface area contributed by atoms with Crippen LogP contribution in [0, 0.1) is 17.2 Å². The molecule has 0 saturated carbocycles. The van der Waals surface area contributed by atoms with Crippen molar-refractivity contribution in [1.82, 2.24) is 4.90 Å². The molecule has 1 saturated heterocycles. The molecule has 0 radical (unpaired) electrons. The van der Waals surface area contributed by atoms with E-state index in [9.17, 15) is 0 Å². The molecule has 0 aromatic carbocycles. The van der Waals surface area contributed by atoms with Gasteiger partial charge < -0.3 is 4.74 Å². The van der Waals surface area contributed by atoms with Crippen LogP contribution in [-0.4, -0.2) is 37.2 Å². The lowest BCUT2D eigenvalue weighted by Gasteiger charge is -2.27. The molecule has 13 heavy (non-hydrogen) atoms. The fraction of sp³-hybridized carbons (Fsp3) is 0.900. The molecule has 3 nitrogen and oxygen atoms in total. The lowest BCUT2D eigenvalue weighted by Crippen LogP contribution is -2.39. The first-order chi connectivity index (χ1) is 6.33. The predicted octanol–water partition coefficient (Wildman–Crippen LogP) is 1.26. The highest BCUT2D eigenvalue weighted by atomic mass is 16.5. The van der Waals surface area contributed by atoms with Gasteiger partial charge in [0.05, 0.1) is 12.7 Å². The average molecular weight is 182 g/mol. The molecule has 0 aromatic rings. The SMILES string of the molecule is CCN(CC)C(C#N)C1CCOC1. The van der Waals surface area contributed by atoms with Gasteiger partial charge in [0.1, 0.15) is 6.04 Å². The zero-order valence-corrected chi connectivity index (χ0v) is 8.49. The number of hydrogen-bond donors (Lipinski definition) is 0. The molecule has 1 aliphatic rings. The lowest BCUT2D eigenvalue weighted by atomic mass is 9.99. The molecule has 2 unspecified atom stereocenters. The smallest absolute Gasteiger partial charge is 0.103 e. The summed E-state index contributed by atoms with van der Waals surface area (Å²) in [6.45, 7) is 7.68. The molecule has 0 spiro atoms. The molecule has 1 fully saturated rings. The van der Waals surface area contributed by atoms with Crippen molar-refractivity contribution in [3.63, 3.8) is 0 Å². The number of nitrogens with zero attached hydrogens (tertiary/aromatic N) is 2. The Morgan fingerprint density at radius 2 is 2.23 bits per heavy atom. The summed E-state index contributed by atoms with van der Waals surface area (Å²) < 4.78 is 5.30. The average Bonchev–Trinajstić information content (AvgIpc) is 2.66. The highest BCUT2D eigenvalue weighted by Crippen LogP contribution is 2.20. The molecule has 74 valence electrons. The van der Waals surface area contributed by atoms with E-state index in [1.807, 2.05) is 0 Å². The normalized spacial score (nSPS) is 24.6. The molecule has 0 N–H and O–H groups in total.